The van der Waals surface area contributed by atoms with E-state index in [2.05, 4.69) is 15.9 Å². The lowest BCUT2D eigenvalue weighted by Crippen LogP contribution is -3.18. The van der Waals surface area contributed by atoms with Gasteiger partial charge >= 0.3 is 0 Å². The number of carbonyl (C=O) groups is 2. The van der Waals surface area contributed by atoms with Crippen LogP contribution in [-0.4, -0.2) is 42.5 Å². The molecule has 4 nitrogen and oxygen atoms in total. The van der Waals surface area contributed by atoms with Crippen LogP contribution in [-0.2, 0) is 9.59 Å². The van der Waals surface area contributed by atoms with E-state index in [-0.39, 0.29) is 17.9 Å². The average Bonchev–Trinajstić information content (AvgIpc) is 2.75. The predicted octanol–water partition coefficient (Wildman–Crippen LogP) is 0.713. The Morgan fingerprint density at radius 2 is 2.00 bits per heavy atom. The monoisotopic (exact) mass is 355 g/mol. The number of hydrogen-bond donors (Lipinski definition) is 1. The second kappa shape index (κ2) is 5.87. The Morgan fingerprint density at radius 1 is 1.25 bits per heavy atom. The molecule has 106 valence electrons. The summed E-state index contributed by atoms with van der Waals surface area (Å²) >= 11 is 5.31. The maximum Gasteiger partial charge on any atom is 0.292 e. The summed E-state index contributed by atoms with van der Waals surface area (Å²) in [5, 5.41) is 0. The minimum atomic E-state index is -0.192. The Hall–Kier alpha value is -0.850. The molecule has 6 heteroatoms. The van der Waals surface area contributed by atoms with Crippen molar-refractivity contribution in [2.24, 2.45) is 0 Å². The Labute approximate surface area is 130 Å². The van der Waals surface area contributed by atoms with Gasteiger partial charge in [0.2, 0.25) is 5.91 Å². The lowest BCUT2D eigenvalue weighted by atomic mass is 10.2. The van der Waals surface area contributed by atoms with Gasteiger partial charge in [-0.3, -0.25) is 9.59 Å². The summed E-state index contributed by atoms with van der Waals surface area (Å²) in [6.45, 7) is 1.95. The fourth-order valence-corrected chi connectivity index (χ4v) is 4.22. The normalized spacial score (nSPS) is 24.4. The van der Waals surface area contributed by atoms with E-state index >= 15 is 0 Å². The number of anilines is 1. The van der Waals surface area contributed by atoms with Gasteiger partial charge in [-0.2, -0.15) is 11.8 Å². The van der Waals surface area contributed by atoms with Crippen molar-refractivity contribution in [1.29, 1.82) is 0 Å². The quantitative estimate of drug-likeness (QED) is 0.794. The van der Waals surface area contributed by atoms with Gasteiger partial charge < -0.3 is 4.90 Å². The van der Waals surface area contributed by atoms with Gasteiger partial charge in [0.05, 0.1) is 25.2 Å². The van der Waals surface area contributed by atoms with Crippen molar-refractivity contribution in [2.45, 2.75) is 12.5 Å². The third kappa shape index (κ3) is 2.64. The summed E-state index contributed by atoms with van der Waals surface area (Å²) in [5.41, 5.74) is 0.669. The second-order valence-electron chi connectivity index (χ2n) is 5.07. The molecule has 0 radical (unpaired) electrons. The van der Waals surface area contributed by atoms with Crippen LogP contribution in [0.1, 0.15) is 6.42 Å². The molecule has 20 heavy (non-hydrogen) atoms. The first-order valence-electron chi connectivity index (χ1n) is 6.71. The molecule has 0 spiro atoms. The van der Waals surface area contributed by atoms with E-state index in [1.165, 1.54) is 9.80 Å². The number of imide groups is 1. The molecule has 0 saturated carbocycles. The van der Waals surface area contributed by atoms with Crippen LogP contribution in [0, 0.1) is 0 Å². The topological polar surface area (TPSA) is 41.8 Å². The second-order valence-corrected chi connectivity index (χ2v) is 7.22. The van der Waals surface area contributed by atoms with Crippen LogP contribution in [0.3, 0.4) is 0 Å². The molecule has 2 aliphatic rings. The van der Waals surface area contributed by atoms with Crippen molar-refractivity contribution < 1.29 is 14.5 Å². The smallest absolute Gasteiger partial charge is 0.292 e. The van der Waals surface area contributed by atoms with E-state index < -0.39 is 0 Å². The summed E-state index contributed by atoms with van der Waals surface area (Å²) in [6, 6.07) is 7.17. The van der Waals surface area contributed by atoms with Crippen molar-refractivity contribution in [1.82, 2.24) is 0 Å². The number of amides is 2. The highest BCUT2D eigenvalue weighted by Gasteiger charge is 2.45. The third-order valence-electron chi connectivity index (χ3n) is 3.84. The highest BCUT2D eigenvalue weighted by molar-refractivity contribution is 9.10. The highest BCUT2D eigenvalue weighted by Crippen LogP contribution is 2.25. The number of carbonyl (C=O) groups excluding carboxylic acids is 2. The lowest BCUT2D eigenvalue weighted by molar-refractivity contribution is -0.911. The van der Waals surface area contributed by atoms with Crippen LogP contribution < -0.4 is 9.80 Å². The number of benzene rings is 1. The van der Waals surface area contributed by atoms with Gasteiger partial charge in [-0.25, -0.2) is 4.90 Å². The maximum absolute atomic E-state index is 12.6. The first kappa shape index (κ1) is 14.1. The molecule has 2 heterocycles. The van der Waals surface area contributed by atoms with Crippen molar-refractivity contribution in [3.63, 3.8) is 0 Å². The van der Waals surface area contributed by atoms with E-state index in [0.717, 1.165) is 29.1 Å². The Morgan fingerprint density at radius 3 is 2.70 bits per heavy atom. The largest absolute Gasteiger partial charge is 0.323 e. The molecule has 0 aliphatic carbocycles. The van der Waals surface area contributed by atoms with Crippen LogP contribution in [0.15, 0.2) is 28.7 Å². The average molecular weight is 356 g/mol. The minimum Gasteiger partial charge on any atom is -0.323 e. The van der Waals surface area contributed by atoms with Gasteiger partial charge in [0.15, 0.2) is 6.04 Å². The van der Waals surface area contributed by atoms with Gasteiger partial charge in [0.25, 0.3) is 5.91 Å². The van der Waals surface area contributed by atoms with Crippen LogP contribution in [0.2, 0.25) is 0 Å². The van der Waals surface area contributed by atoms with E-state index in [1.54, 1.807) is 0 Å². The molecule has 3 rings (SSSR count). The van der Waals surface area contributed by atoms with E-state index in [1.807, 2.05) is 36.0 Å². The van der Waals surface area contributed by atoms with E-state index in [4.69, 9.17) is 0 Å². The SMILES string of the molecule is O=C1C[C@@H]([NH+]2CCSCC2)C(=O)N1c1cccc(Br)c1. The summed E-state index contributed by atoms with van der Waals surface area (Å²) < 4.78 is 0.876. The molecule has 2 aliphatic heterocycles. The van der Waals surface area contributed by atoms with Crippen molar-refractivity contribution in [3.05, 3.63) is 28.7 Å². The molecule has 0 unspecified atom stereocenters. The number of hydrogen-bond acceptors (Lipinski definition) is 3. The van der Waals surface area contributed by atoms with Crippen LogP contribution in [0.4, 0.5) is 5.69 Å². The van der Waals surface area contributed by atoms with Crippen molar-refractivity contribution in [3.8, 4) is 0 Å². The van der Waals surface area contributed by atoms with E-state index in [0.29, 0.717) is 12.1 Å². The van der Waals surface area contributed by atoms with Gasteiger partial charge in [-0.1, -0.05) is 22.0 Å². The fraction of sp³-hybridized carbons (Fsp3) is 0.429. The van der Waals surface area contributed by atoms with Crippen LogP contribution in [0.25, 0.3) is 0 Å². The summed E-state index contributed by atoms with van der Waals surface area (Å²) in [5.74, 6) is 2.02. The number of nitrogens with zero attached hydrogens (tertiary/aromatic N) is 1. The zero-order chi connectivity index (χ0) is 14.1. The predicted molar refractivity (Wildman–Crippen MR) is 83.1 cm³/mol. The lowest BCUT2D eigenvalue weighted by Gasteiger charge is -2.27. The maximum atomic E-state index is 12.6. The van der Waals surface area contributed by atoms with Crippen molar-refractivity contribution in [2.75, 3.05) is 29.5 Å². The molecule has 1 aromatic rings. The highest BCUT2D eigenvalue weighted by atomic mass is 79.9. The molecule has 0 aromatic heterocycles. The Balaban J connectivity index is 1.83. The summed E-state index contributed by atoms with van der Waals surface area (Å²) in [4.78, 5) is 27.4. The van der Waals surface area contributed by atoms with Crippen molar-refractivity contribution >= 4 is 45.2 Å². The Bertz CT molecular complexity index is 546. The van der Waals surface area contributed by atoms with Crippen LogP contribution in [0.5, 0.6) is 0 Å². The summed E-state index contributed by atoms with van der Waals surface area (Å²) in [7, 11) is 0. The van der Waals surface area contributed by atoms with Gasteiger partial charge in [-0.05, 0) is 18.2 Å². The molecule has 1 N–H and O–H groups in total. The van der Waals surface area contributed by atoms with Crippen LogP contribution >= 0.6 is 27.7 Å². The fourth-order valence-electron chi connectivity index (χ4n) is 2.82. The number of halogens is 1. The van der Waals surface area contributed by atoms with Gasteiger partial charge in [0, 0.05) is 16.0 Å². The zero-order valence-electron chi connectivity index (χ0n) is 11.0. The van der Waals surface area contributed by atoms with Gasteiger partial charge in [0.1, 0.15) is 0 Å². The number of rotatable bonds is 2. The molecule has 0 bridgehead atoms. The standard InChI is InChI=1S/C14H15BrN2O2S/c15-10-2-1-3-11(8-10)17-13(18)9-12(14(17)19)16-4-6-20-7-5-16/h1-3,8,12H,4-7,9H2/p+1/t12-/m1/s1. The third-order valence-corrected chi connectivity index (χ3v) is 5.32. The number of nitrogens with one attached hydrogen (secondary N) is 1. The molecule has 1 aromatic carbocycles. The first-order valence-corrected chi connectivity index (χ1v) is 8.66. The Kier molecular flexibility index (Phi) is 4.14. The molecule has 2 fully saturated rings. The summed E-state index contributed by atoms with van der Waals surface area (Å²) in [6.07, 6.45) is 0.339. The number of quaternary nitrogens is 1. The molecule has 2 saturated heterocycles. The minimum absolute atomic E-state index is 0.0463. The first-order chi connectivity index (χ1) is 9.66. The molecule has 1 atom stereocenters. The van der Waals surface area contributed by atoms with Gasteiger partial charge in [-0.15, -0.1) is 0 Å². The van der Waals surface area contributed by atoms with E-state index in [9.17, 15) is 9.59 Å². The number of thioether (sulfide) groups is 1. The molecular weight excluding hydrogens is 340 g/mol. The molecular formula is C14H16BrN2O2S+. The zero-order valence-corrected chi connectivity index (χ0v) is 13.4. The molecule has 2 amide bonds.